The van der Waals surface area contributed by atoms with Gasteiger partial charge in [-0.1, -0.05) is 35.3 Å². The van der Waals surface area contributed by atoms with E-state index in [1.54, 1.807) is 48.5 Å². The van der Waals surface area contributed by atoms with Crippen LogP contribution in [0.4, 0.5) is 5.69 Å². The third-order valence-electron chi connectivity index (χ3n) is 5.24. The van der Waals surface area contributed by atoms with Crippen LogP contribution in [0, 0.1) is 0 Å². The number of carbonyl (C=O) groups excluding carboxylic acids is 1. The van der Waals surface area contributed by atoms with Crippen LogP contribution in [0.3, 0.4) is 0 Å². The minimum Gasteiger partial charge on any atom is -0.507 e. The van der Waals surface area contributed by atoms with Crippen molar-refractivity contribution in [3.63, 3.8) is 0 Å². The highest BCUT2D eigenvalue weighted by molar-refractivity contribution is 7.80. The molecule has 0 saturated carbocycles. The number of oxazole rings is 1. The summed E-state index contributed by atoms with van der Waals surface area (Å²) in [5.41, 5.74) is 2.87. The average molecular weight is 550 g/mol. The van der Waals surface area contributed by atoms with E-state index in [-0.39, 0.29) is 16.8 Å². The molecule has 1 amide bonds. The molecule has 3 aromatic carbocycles. The average Bonchev–Trinajstić information content (AvgIpc) is 3.51. The molecule has 0 aliphatic carbocycles. The second-order valence-electron chi connectivity index (χ2n) is 7.82. The van der Waals surface area contributed by atoms with E-state index in [1.165, 1.54) is 18.2 Å². The lowest BCUT2D eigenvalue weighted by Gasteiger charge is -2.10. The van der Waals surface area contributed by atoms with Gasteiger partial charge >= 0.3 is 0 Å². The standard InChI is InChI=1S/C27H17Cl2N3O4S/c28-15-5-9-18(20(29)13-15)23-11-7-17(35-23)8-12-25(34)32-27(37)30-16-6-10-22(33)19(14-16)26-31-21-3-1-2-4-24(21)36-26/h1-14,33H,(H2,30,32,34,37)/b12-8+. The molecule has 184 valence electrons. The fourth-order valence-electron chi connectivity index (χ4n) is 3.52. The Kier molecular flexibility index (Phi) is 6.96. The number of anilines is 1. The number of phenolic OH excluding ortho intramolecular Hbond substituents is 1. The number of para-hydroxylation sites is 2. The summed E-state index contributed by atoms with van der Waals surface area (Å²) < 4.78 is 11.5. The highest BCUT2D eigenvalue weighted by atomic mass is 35.5. The zero-order chi connectivity index (χ0) is 25.9. The van der Waals surface area contributed by atoms with Gasteiger partial charge in [-0.05, 0) is 79.0 Å². The van der Waals surface area contributed by atoms with Gasteiger partial charge in [0.2, 0.25) is 11.8 Å². The number of aromatic nitrogens is 1. The lowest BCUT2D eigenvalue weighted by Crippen LogP contribution is -2.32. The molecule has 0 aliphatic rings. The fourth-order valence-corrected chi connectivity index (χ4v) is 4.24. The fraction of sp³-hybridized carbons (Fsp3) is 0. The first-order chi connectivity index (χ1) is 17.9. The number of hydrogen-bond donors (Lipinski definition) is 3. The molecule has 0 unspecified atom stereocenters. The molecule has 0 radical (unpaired) electrons. The maximum atomic E-state index is 12.4. The van der Waals surface area contributed by atoms with E-state index >= 15 is 0 Å². The van der Waals surface area contributed by atoms with Crippen molar-refractivity contribution in [3.8, 4) is 28.5 Å². The molecule has 0 bridgehead atoms. The first-order valence-corrected chi connectivity index (χ1v) is 12.1. The minimum absolute atomic E-state index is 0.00676. The van der Waals surface area contributed by atoms with Gasteiger partial charge in [0, 0.05) is 22.3 Å². The van der Waals surface area contributed by atoms with Gasteiger partial charge in [0.05, 0.1) is 10.6 Å². The number of aromatic hydroxyl groups is 1. The number of amides is 1. The molecule has 37 heavy (non-hydrogen) atoms. The number of thiocarbonyl (C=S) groups is 1. The highest BCUT2D eigenvalue weighted by Gasteiger charge is 2.14. The number of nitrogens with zero attached hydrogens (tertiary/aromatic N) is 1. The van der Waals surface area contributed by atoms with Crippen molar-refractivity contribution in [1.29, 1.82) is 0 Å². The summed E-state index contributed by atoms with van der Waals surface area (Å²) in [4.78, 5) is 16.8. The first-order valence-electron chi connectivity index (χ1n) is 10.9. The number of rotatable bonds is 5. The van der Waals surface area contributed by atoms with Gasteiger partial charge in [0.1, 0.15) is 22.8 Å². The van der Waals surface area contributed by atoms with Crippen LogP contribution in [-0.2, 0) is 4.79 Å². The summed E-state index contributed by atoms with van der Waals surface area (Å²) in [5, 5.41) is 16.8. The lowest BCUT2D eigenvalue weighted by molar-refractivity contribution is -0.115. The number of halogens is 2. The van der Waals surface area contributed by atoms with Crippen LogP contribution in [0.1, 0.15) is 5.76 Å². The summed E-state index contributed by atoms with van der Waals surface area (Å²) in [6, 6.07) is 20.6. The number of furan rings is 1. The van der Waals surface area contributed by atoms with E-state index in [1.807, 2.05) is 18.2 Å². The summed E-state index contributed by atoms with van der Waals surface area (Å²) >= 11 is 17.4. The third-order valence-corrected chi connectivity index (χ3v) is 5.99. The molecule has 0 spiro atoms. The van der Waals surface area contributed by atoms with Crippen molar-refractivity contribution >= 4 is 69.3 Å². The molecule has 0 atom stereocenters. The normalized spacial score (nSPS) is 11.2. The van der Waals surface area contributed by atoms with Crippen LogP contribution >= 0.6 is 35.4 Å². The SMILES string of the molecule is O=C(/C=C/c1ccc(-c2ccc(Cl)cc2Cl)o1)NC(=S)Nc1ccc(O)c(-c2nc3ccccc3o2)c1. The second-order valence-corrected chi connectivity index (χ2v) is 9.07. The molecule has 3 N–H and O–H groups in total. The maximum Gasteiger partial charge on any atom is 0.250 e. The number of carbonyl (C=O) groups is 1. The van der Waals surface area contributed by atoms with Crippen LogP contribution in [-0.4, -0.2) is 21.1 Å². The molecular weight excluding hydrogens is 533 g/mol. The zero-order valence-corrected chi connectivity index (χ0v) is 21.2. The van der Waals surface area contributed by atoms with E-state index in [0.29, 0.717) is 49.5 Å². The molecule has 0 saturated heterocycles. The van der Waals surface area contributed by atoms with E-state index in [9.17, 15) is 9.90 Å². The van der Waals surface area contributed by atoms with E-state index < -0.39 is 5.91 Å². The van der Waals surface area contributed by atoms with Crippen molar-refractivity contribution in [3.05, 3.63) is 94.7 Å². The second kappa shape index (κ2) is 10.5. The summed E-state index contributed by atoms with van der Waals surface area (Å²) in [6.45, 7) is 0. The van der Waals surface area contributed by atoms with Gasteiger partial charge in [-0.2, -0.15) is 0 Å². The van der Waals surface area contributed by atoms with Crippen LogP contribution in [0.25, 0.3) is 40.0 Å². The largest absolute Gasteiger partial charge is 0.507 e. The quantitative estimate of drug-likeness (QED) is 0.120. The van der Waals surface area contributed by atoms with Gasteiger partial charge in [0.25, 0.3) is 0 Å². The Morgan fingerprint density at radius 1 is 0.973 bits per heavy atom. The van der Waals surface area contributed by atoms with Crippen molar-refractivity contribution in [2.24, 2.45) is 0 Å². The van der Waals surface area contributed by atoms with Crippen LogP contribution in [0.15, 0.2) is 87.7 Å². The smallest absolute Gasteiger partial charge is 0.250 e. The Morgan fingerprint density at radius 2 is 1.81 bits per heavy atom. The maximum absolute atomic E-state index is 12.4. The summed E-state index contributed by atoms with van der Waals surface area (Å²) in [6.07, 6.45) is 2.80. The topological polar surface area (TPSA) is 101 Å². The van der Waals surface area contributed by atoms with Crippen molar-refractivity contribution < 1.29 is 18.7 Å². The highest BCUT2D eigenvalue weighted by Crippen LogP contribution is 2.34. The summed E-state index contributed by atoms with van der Waals surface area (Å²) in [7, 11) is 0. The zero-order valence-electron chi connectivity index (χ0n) is 18.9. The Hall–Kier alpha value is -4.11. The van der Waals surface area contributed by atoms with Gasteiger partial charge in [-0.25, -0.2) is 4.98 Å². The monoisotopic (exact) mass is 549 g/mol. The Morgan fingerprint density at radius 3 is 2.62 bits per heavy atom. The van der Waals surface area contributed by atoms with Crippen LogP contribution < -0.4 is 10.6 Å². The summed E-state index contributed by atoms with van der Waals surface area (Å²) in [5.74, 6) is 0.793. The molecule has 5 rings (SSSR count). The van der Waals surface area contributed by atoms with Gasteiger partial charge < -0.3 is 19.3 Å². The molecule has 0 aliphatic heterocycles. The van der Waals surface area contributed by atoms with Crippen LogP contribution in [0.2, 0.25) is 10.0 Å². The molecule has 0 fully saturated rings. The minimum atomic E-state index is -0.460. The Bertz CT molecular complexity index is 1640. The number of benzene rings is 3. The molecule has 2 aromatic heterocycles. The number of phenols is 1. The lowest BCUT2D eigenvalue weighted by atomic mass is 10.1. The van der Waals surface area contributed by atoms with Crippen LogP contribution in [0.5, 0.6) is 5.75 Å². The number of hydrogen-bond acceptors (Lipinski definition) is 6. The Balaban J connectivity index is 1.23. The molecular formula is C27H17Cl2N3O4S. The molecule has 10 heteroatoms. The number of fused-ring (bicyclic) bond motifs is 1. The van der Waals surface area contributed by atoms with E-state index in [4.69, 9.17) is 44.3 Å². The van der Waals surface area contributed by atoms with Gasteiger partial charge in [0.15, 0.2) is 10.7 Å². The van der Waals surface area contributed by atoms with E-state index in [2.05, 4.69) is 15.6 Å². The van der Waals surface area contributed by atoms with E-state index in [0.717, 1.165) is 0 Å². The predicted molar refractivity (Wildman–Crippen MR) is 149 cm³/mol. The van der Waals surface area contributed by atoms with Crippen molar-refractivity contribution in [2.75, 3.05) is 5.32 Å². The molecule has 5 aromatic rings. The molecule has 7 nitrogen and oxygen atoms in total. The van der Waals surface area contributed by atoms with Gasteiger partial charge in [-0.3, -0.25) is 10.1 Å². The van der Waals surface area contributed by atoms with Gasteiger partial charge in [-0.15, -0.1) is 0 Å². The molecule has 2 heterocycles. The predicted octanol–water partition coefficient (Wildman–Crippen LogP) is 7.29. The number of nitrogens with one attached hydrogen (secondary N) is 2. The first kappa shape index (κ1) is 24.6. The van der Waals surface area contributed by atoms with Crippen molar-refractivity contribution in [1.82, 2.24) is 10.3 Å². The Labute approximate surface area is 226 Å². The van der Waals surface area contributed by atoms with Crippen molar-refractivity contribution in [2.45, 2.75) is 0 Å². The third kappa shape index (κ3) is 5.67.